The molecule has 0 aliphatic heterocycles. The van der Waals surface area contributed by atoms with E-state index in [1.54, 1.807) is 29.9 Å². The maximum Gasteiger partial charge on any atom is 0.254 e. The summed E-state index contributed by atoms with van der Waals surface area (Å²) in [4.78, 5) is 27.5. The van der Waals surface area contributed by atoms with E-state index >= 15 is 0 Å². The molecule has 34 heavy (non-hydrogen) atoms. The molecule has 0 saturated heterocycles. The molecule has 6 nitrogen and oxygen atoms in total. The number of carbonyl (C=O) groups is 2. The van der Waals surface area contributed by atoms with Crippen molar-refractivity contribution in [2.24, 2.45) is 0 Å². The van der Waals surface area contributed by atoms with E-state index in [-0.39, 0.29) is 23.8 Å². The Morgan fingerprint density at radius 1 is 1.00 bits per heavy atom. The van der Waals surface area contributed by atoms with Crippen LogP contribution in [0.1, 0.15) is 36.8 Å². The van der Waals surface area contributed by atoms with Crippen molar-refractivity contribution >= 4 is 40.0 Å². The molecule has 0 saturated carbocycles. The summed E-state index contributed by atoms with van der Waals surface area (Å²) in [5.74, 6) is 0.00320. The minimum atomic E-state index is -0.313. The third kappa shape index (κ3) is 4.97. The molecule has 2 amide bonds. The lowest BCUT2D eigenvalue weighted by molar-refractivity contribution is -0.116. The van der Waals surface area contributed by atoms with Crippen molar-refractivity contribution in [2.75, 3.05) is 18.9 Å². The molecule has 3 aromatic carbocycles. The van der Waals surface area contributed by atoms with Gasteiger partial charge in [0.05, 0.1) is 17.9 Å². The molecule has 7 heteroatoms. The monoisotopic (exact) mass is 474 g/mol. The van der Waals surface area contributed by atoms with Crippen LogP contribution in [0.3, 0.4) is 0 Å². The minimum Gasteiger partial charge on any atom is -0.332 e. The van der Waals surface area contributed by atoms with Gasteiger partial charge in [-0.05, 0) is 41.1 Å². The fourth-order valence-electron chi connectivity index (χ4n) is 3.70. The van der Waals surface area contributed by atoms with Gasteiger partial charge in [-0.3, -0.25) is 9.59 Å². The largest absolute Gasteiger partial charge is 0.332 e. The number of amides is 2. The number of rotatable bonds is 5. The quantitative estimate of drug-likeness (QED) is 0.404. The first kappa shape index (κ1) is 23.5. The van der Waals surface area contributed by atoms with E-state index in [0.29, 0.717) is 16.4 Å². The van der Waals surface area contributed by atoms with E-state index in [2.05, 4.69) is 26.1 Å². The van der Waals surface area contributed by atoms with Crippen LogP contribution in [-0.2, 0) is 10.2 Å². The number of aromatic nitrogens is 2. The van der Waals surface area contributed by atoms with Crippen LogP contribution in [0.25, 0.3) is 16.5 Å². The Balaban J connectivity index is 1.56. The molecule has 1 N–H and O–H groups in total. The number of benzene rings is 3. The van der Waals surface area contributed by atoms with Gasteiger partial charge in [0, 0.05) is 29.1 Å². The second-order valence-electron chi connectivity index (χ2n) is 9.29. The number of fused-ring (bicyclic) bond motifs is 1. The summed E-state index contributed by atoms with van der Waals surface area (Å²) < 4.78 is 1.68. The predicted molar refractivity (Wildman–Crippen MR) is 137 cm³/mol. The minimum absolute atomic E-state index is 0.0985. The number of likely N-dealkylation sites (N-methyl/N-ethyl adjacent to an activating group) is 1. The van der Waals surface area contributed by atoms with E-state index < -0.39 is 0 Å². The van der Waals surface area contributed by atoms with Crippen LogP contribution in [0.4, 0.5) is 5.82 Å². The summed E-state index contributed by atoms with van der Waals surface area (Å²) in [6, 6.07) is 22.4. The number of hydrogen-bond acceptors (Lipinski definition) is 3. The highest BCUT2D eigenvalue weighted by Gasteiger charge is 2.23. The Kier molecular flexibility index (Phi) is 6.44. The fourth-order valence-corrected chi connectivity index (χ4v) is 3.83. The number of halogens is 1. The molecule has 0 spiro atoms. The van der Waals surface area contributed by atoms with Crippen molar-refractivity contribution in [1.82, 2.24) is 14.7 Å². The summed E-state index contributed by atoms with van der Waals surface area (Å²) in [6.45, 7) is 6.08. The van der Waals surface area contributed by atoms with Gasteiger partial charge in [-0.2, -0.15) is 5.10 Å². The Morgan fingerprint density at radius 2 is 1.68 bits per heavy atom. The predicted octanol–water partition coefficient (Wildman–Crippen LogP) is 5.69. The van der Waals surface area contributed by atoms with Gasteiger partial charge in [0.2, 0.25) is 5.91 Å². The first-order valence-corrected chi connectivity index (χ1v) is 11.4. The lowest BCUT2D eigenvalue weighted by atomic mass is 9.92. The maximum absolute atomic E-state index is 13.1. The lowest BCUT2D eigenvalue weighted by Gasteiger charge is -2.18. The van der Waals surface area contributed by atoms with Crippen LogP contribution in [0.5, 0.6) is 0 Å². The van der Waals surface area contributed by atoms with Crippen LogP contribution in [0.15, 0.2) is 72.8 Å². The zero-order valence-corrected chi connectivity index (χ0v) is 20.4. The molecular weight excluding hydrogens is 448 g/mol. The Morgan fingerprint density at radius 3 is 2.38 bits per heavy atom. The Labute approximate surface area is 204 Å². The van der Waals surface area contributed by atoms with E-state index in [9.17, 15) is 9.59 Å². The maximum atomic E-state index is 13.1. The van der Waals surface area contributed by atoms with Gasteiger partial charge < -0.3 is 10.2 Å². The summed E-state index contributed by atoms with van der Waals surface area (Å²) in [5.41, 5.74) is 1.96. The first-order valence-electron chi connectivity index (χ1n) is 11.0. The number of hydrogen-bond donors (Lipinski definition) is 1. The molecule has 1 heterocycles. The number of carbonyl (C=O) groups excluding carboxylic acids is 2. The van der Waals surface area contributed by atoms with Gasteiger partial charge >= 0.3 is 0 Å². The number of anilines is 1. The highest BCUT2D eigenvalue weighted by atomic mass is 35.5. The van der Waals surface area contributed by atoms with Gasteiger partial charge in [-0.1, -0.05) is 68.8 Å². The van der Waals surface area contributed by atoms with Crippen molar-refractivity contribution in [3.05, 3.63) is 89.1 Å². The van der Waals surface area contributed by atoms with E-state index in [0.717, 1.165) is 22.2 Å². The Hall–Kier alpha value is -3.64. The smallest absolute Gasteiger partial charge is 0.254 e. The molecule has 0 atom stereocenters. The zero-order valence-electron chi connectivity index (χ0n) is 19.7. The molecule has 4 aromatic rings. The standard InChI is InChI=1S/C27H27ClN4O2/c1-27(2,3)23-16-24(32(30-23)20-14-12-19(28)13-15-20)29-25(33)17-31(4)26(34)22-11-7-9-18-8-5-6-10-21(18)22/h5-16H,17H2,1-4H3,(H,29,33). The summed E-state index contributed by atoms with van der Waals surface area (Å²) in [7, 11) is 1.63. The van der Waals surface area contributed by atoms with E-state index in [1.807, 2.05) is 54.6 Å². The third-order valence-electron chi connectivity index (χ3n) is 5.56. The molecule has 0 fully saturated rings. The van der Waals surface area contributed by atoms with Crippen LogP contribution in [-0.4, -0.2) is 40.1 Å². The lowest BCUT2D eigenvalue weighted by Crippen LogP contribution is -2.35. The van der Waals surface area contributed by atoms with Gasteiger partial charge in [-0.25, -0.2) is 4.68 Å². The molecule has 1 aromatic heterocycles. The second kappa shape index (κ2) is 9.31. The van der Waals surface area contributed by atoms with Crippen molar-refractivity contribution < 1.29 is 9.59 Å². The van der Waals surface area contributed by atoms with Gasteiger partial charge in [0.15, 0.2) is 0 Å². The topological polar surface area (TPSA) is 67.2 Å². The summed E-state index contributed by atoms with van der Waals surface area (Å²) in [5, 5.41) is 10.1. The third-order valence-corrected chi connectivity index (χ3v) is 5.82. The molecular formula is C27H27ClN4O2. The summed E-state index contributed by atoms with van der Waals surface area (Å²) >= 11 is 6.04. The van der Waals surface area contributed by atoms with Crippen LogP contribution in [0, 0.1) is 0 Å². The van der Waals surface area contributed by atoms with Gasteiger partial charge in [-0.15, -0.1) is 0 Å². The van der Waals surface area contributed by atoms with E-state index in [1.165, 1.54) is 4.90 Å². The second-order valence-corrected chi connectivity index (χ2v) is 9.73. The van der Waals surface area contributed by atoms with Crippen LogP contribution < -0.4 is 5.32 Å². The average molecular weight is 475 g/mol. The molecule has 174 valence electrons. The molecule has 4 rings (SSSR count). The van der Waals surface area contributed by atoms with E-state index in [4.69, 9.17) is 16.7 Å². The zero-order chi connectivity index (χ0) is 24.5. The summed E-state index contributed by atoms with van der Waals surface area (Å²) in [6.07, 6.45) is 0. The van der Waals surface area contributed by atoms with Crippen molar-refractivity contribution in [3.63, 3.8) is 0 Å². The number of nitrogens with zero attached hydrogens (tertiary/aromatic N) is 3. The molecule has 0 aliphatic rings. The van der Waals surface area contributed by atoms with Gasteiger partial charge in [0.1, 0.15) is 5.82 Å². The molecule has 0 aliphatic carbocycles. The number of nitrogens with one attached hydrogen (secondary N) is 1. The van der Waals surface area contributed by atoms with Crippen molar-refractivity contribution in [2.45, 2.75) is 26.2 Å². The highest BCUT2D eigenvalue weighted by Crippen LogP contribution is 2.27. The first-order chi connectivity index (χ1) is 16.1. The molecule has 0 bridgehead atoms. The normalized spacial score (nSPS) is 11.4. The molecule has 0 radical (unpaired) electrons. The molecule has 0 unspecified atom stereocenters. The SMILES string of the molecule is CN(CC(=O)Nc1cc(C(C)(C)C)nn1-c1ccc(Cl)cc1)C(=O)c1cccc2ccccc12. The van der Waals surface area contributed by atoms with Crippen molar-refractivity contribution in [1.29, 1.82) is 0 Å². The fraction of sp³-hybridized carbons (Fsp3) is 0.222. The van der Waals surface area contributed by atoms with Crippen LogP contribution in [0.2, 0.25) is 5.02 Å². The Bertz CT molecular complexity index is 1350. The van der Waals surface area contributed by atoms with Gasteiger partial charge in [0.25, 0.3) is 5.91 Å². The average Bonchev–Trinajstić information content (AvgIpc) is 3.22. The van der Waals surface area contributed by atoms with Crippen molar-refractivity contribution in [3.8, 4) is 5.69 Å². The van der Waals surface area contributed by atoms with Crippen LogP contribution >= 0.6 is 11.6 Å². The highest BCUT2D eigenvalue weighted by molar-refractivity contribution is 6.30.